The van der Waals surface area contributed by atoms with E-state index in [2.05, 4.69) is 16.4 Å². The van der Waals surface area contributed by atoms with E-state index in [1.807, 2.05) is 6.92 Å². The Kier molecular flexibility index (Phi) is 4.54. The van der Waals surface area contributed by atoms with Crippen LogP contribution in [0.1, 0.15) is 54.9 Å². The van der Waals surface area contributed by atoms with Gasteiger partial charge >= 0.3 is 5.97 Å². The average molecular weight is 384 g/mol. The number of nitrogens with zero attached hydrogens (tertiary/aromatic N) is 1. The van der Waals surface area contributed by atoms with Crippen LogP contribution >= 0.6 is 0 Å². The van der Waals surface area contributed by atoms with E-state index in [0.717, 1.165) is 38.5 Å². The number of hydrogen-bond acceptors (Lipinski definition) is 6. The minimum absolute atomic E-state index is 0.246. The predicted molar refractivity (Wildman–Crippen MR) is 106 cm³/mol. The van der Waals surface area contributed by atoms with Gasteiger partial charge in [0.05, 0.1) is 13.2 Å². The molecule has 1 N–H and O–H groups in total. The molecule has 5 rings (SSSR count). The summed E-state index contributed by atoms with van der Waals surface area (Å²) < 4.78 is 17.4. The third kappa shape index (κ3) is 2.81. The van der Waals surface area contributed by atoms with E-state index in [1.165, 1.54) is 40.8 Å². The van der Waals surface area contributed by atoms with E-state index in [9.17, 15) is 4.79 Å². The van der Waals surface area contributed by atoms with Crippen molar-refractivity contribution < 1.29 is 19.0 Å². The van der Waals surface area contributed by atoms with E-state index in [4.69, 9.17) is 14.2 Å². The molecule has 0 amide bonds. The number of amidine groups is 1. The molecule has 2 atom stereocenters. The normalized spacial score (nSPS) is 27.9. The maximum absolute atomic E-state index is 12.8. The summed E-state index contributed by atoms with van der Waals surface area (Å²) >= 11 is 0. The van der Waals surface area contributed by atoms with Crippen molar-refractivity contribution >= 4 is 17.7 Å². The molecule has 6 nitrogen and oxygen atoms in total. The number of hydrogen-bond donors (Lipinski definition) is 1. The van der Waals surface area contributed by atoms with Crippen molar-refractivity contribution in [2.24, 2.45) is 4.99 Å². The Morgan fingerprint density at radius 3 is 2.61 bits per heavy atom. The fourth-order valence-corrected chi connectivity index (χ4v) is 5.17. The van der Waals surface area contributed by atoms with Gasteiger partial charge in [-0.25, -0.2) is 9.79 Å². The van der Waals surface area contributed by atoms with Gasteiger partial charge in [0, 0.05) is 12.3 Å². The van der Waals surface area contributed by atoms with Gasteiger partial charge in [-0.05, 0) is 80.5 Å². The van der Waals surface area contributed by atoms with E-state index in [-0.39, 0.29) is 18.6 Å². The third-order valence-electron chi connectivity index (χ3n) is 6.51. The molecule has 0 radical (unpaired) electrons. The number of carbonyl (C=O) groups is 1. The van der Waals surface area contributed by atoms with E-state index < -0.39 is 5.60 Å². The first-order chi connectivity index (χ1) is 13.7. The molecule has 0 aromatic heterocycles. The molecule has 6 heteroatoms. The molecule has 4 aliphatic rings. The maximum atomic E-state index is 12.8. The Morgan fingerprint density at radius 2 is 1.96 bits per heavy atom. The molecule has 28 heavy (non-hydrogen) atoms. The van der Waals surface area contributed by atoms with Crippen molar-refractivity contribution in [3.05, 3.63) is 28.3 Å². The van der Waals surface area contributed by atoms with Crippen molar-refractivity contribution in [1.29, 1.82) is 0 Å². The second-order valence-corrected chi connectivity index (χ2v) is 8.19. The molecule has 0 spiro atoms. The first-order valence-corrected chi connectivity index (χ1v) is 10.7. The van der Waals surface area contributed by atoms with Gasteiger partial charge in [-0.3, -0.25) is 0 Å². The molecule has 2 aliphatic heterocycles. The number of aryl methyl sites for hydroxylation is 2. The highest BCUT2D eigenvalue weighted by atomic mass is 16.6. The SMILES string of the molecule is CCOC(=O)C1(C2CCCO2)CN=C(Nc2c3c(cc4c2CCC4)CCC3)O1. The number of benzene rings is 1. The zero-order valence-corrected chi connectivity index (χ0v) is 16.5. The third-order valence-corrected chi connectivity index (χ3v) is 6.51. The zero-order chi connectivity index (χ0) is 19.1. The molecule has 0 saturated carbocycles. The van der Waals surface area contributed by atoms with Gasteiger partial charge < -0.3 is 19.5 Å². The number of ether oxygens (including phenoxy) is 3. The van der Waals surface area contributed by atoms with Gasteiger partial charge in [0.25, 0.3) is 11.6 Å². The lowest BCUT2D eigenvalue weighted by Gasteiger charge is -2.31. The average Bonchev–Trinajstić information content (AvgIpc) is 3.47. The van der Waals surface area contributed by atoms with Gasteiger partial charge in [-0.15, -0.1) is 0 Å². The minimum atomic E-state index is -1.16. The van der Waals surface area contributed by atoms with Crippen molar-refractivity contribution in [2.45, 2.75) is 70.0 Å². The number of fused-ring (bicyclic) bond motifs is 2. The Balaban J connectivity index is 1.43. The highest BCUT2D eigenvalue weighted by Crippen LogP contribution is 2.40. The lowest BCUT2D eigenvalue weighted by molar-refractivity contribution is -0.172. The highest BCUT2D eigenvalue weighted by molar-refractivity contribution is 5.97. The Labute approximate surface area is 165 Å². The van der Waals surface area contributed by atoms with Crippen LogP contribution in [-0.4, -0.2) is 43.5 Å². The smallest absolute Gasteiger partial charge is 0.355 e. The summed E-state index contributed by atoms with van der Waals surface area (Å²) in [4.78, 5) is 17.4. The summed E-state index contributed by atoms with van der Waals surface area (Å²) in [5, 5.41) is 3.48. The molecule has 2 heterocycles. The molecule has 1 saturated heterocycles. The summed E-state index contributed by atoms with van der Waals surface area (Å²) in [6.45, 7) is 3.03. The molecule has 1 fully saturated rings. The summed E-state index contributed by atoms with van der Waals surface area (Å²) in [6.07, 6.45) is 8.28. The number of rotatable bonds is 4. The van der Waals surface area contributed by atoms with Crippen LogP contribution in [0.3, 0.4) is 0 Å². The second-order valence-electron chi connectivity index (χ2n) is 8.19. The number of nitrogens with one attached hydrogen (secondary N) is 1. The molecule has 2 aliphatic carbocycles. The Morgan fingerprint density at radius 1 is 1.21 bits per heavy atom. The van der Waals surface area contributed by atoms with Gasteiger partial charge in [0.2, 0.25) is 0 Å². The fraction of sp³-hybridized carbons (Fsp3) is 0.636. The van der Waals surface area contributed by atoms with Gasteiger partial charge in [0.1, 0.15) is 6.10 Å². The first kappa shape index (κ1) is 18.0. The number of esters is 1. The molecular weight excluding hydrogens is 356 g/mol. The van der Waals surface area contributed by atoms with Crippen LogP contribution < -0.4 is 5.32 Å². The van der Waals surface area contributed by atoms with E-state index in [1.54, 1.807) is 0 Å². The van der Waals surface area contributed by atoms with Crippen molar-refractivity contribution in [2.75, 3.05) is 25.1 Å². The molecule has 2 unspecified atom stereocenters. The number of carbonyl (C=O) groups excluding carboxylic acids is 1. The quantitative estimate of drug-likeness (QED) is 0.809. The van der Waals surface area contributed by atoms with Crippen molar-refractivity contribution in [3.8, 4) is 0 Å². The minimum Gasteiger partial charge on any atom is -0.463 e. The molecular formula is C22H28N2O4. The van der Waals surface area contributed by atoms with Gasteiger partial charge in [0.15, 0.2) is 0 Å². The largest absolute Gasteiger partial charge is 0.463 e. The number of anilines is 1. The van der Waals surface area contributed by atoms with Crippen LogP contribution in [0.5, 0.6) is 0 Å². The monoisotopic (exact) mass is 384 g/mol. The van der Waals surface area contributed by atoms with Crippen molar-refractivity contribution in [1.82, 2.24) is 0 Å². The molecule has 1 aromatic rings. The van der Waals surface area contributed by atoms with Crippen LogP contribution in [0.4, 0.5) is 5.69 Å². The Hall–Kier alpha value is -2.08. The topological polar surface area (TPSA) is 69.2 Å². The van der Waals surface area contributed by atoms with Crippen LogP contribution in [0.25, 0.3) is 0 Å². The van der Waals surface area contributed by atoms with Gasteiger partial charge in [-0.2, -0.15) is 0 Å². The summed E-state index contributed by atoms with van der Waals surface area (Å²) in [7, 11) is 0. The molecule has 1 aromatic carbocycles. The zero-order valence-electron chi connectivity index (χ0n) is 16.5. The van der Waals surface area contributed by atoms with Crippen LogP contribution in [-0.2, 0) is 44.7 Å². The molecule has 150 valence electrons. The van der Waals surface area contributed by atoms with Crippen LogP contribution in [0.2, 0.25) is 0 Å². The predicted octanol–water partition coefficient (Wildman–Crippen LogP) is 2.94. The molecule has 0 bridgehead atoms. The van der Waals surface area contributed by atoms with Gasteiger partial charge in [-0.1, -0.05) is 6.07 Å². The highest BCUT2D eigenvalue weighted by Gasteiger charge is 2.55. The van der Waals surface area contributed by atoms with Crippen LogP contribution in [0.15, 0.2) is 11.1 Å². The lowest BCUT2D eigenvalue weighted by Crippen LogP contribution is -2.53. The van der Waals surface area contributed by atoms with Crippen LogP contribution in [0, 0.1) is 0 Å². The standard InChI is InChI=1S/C22H28N2O4/c1-2-26-20(25)22(18-10-5-11-27-18)13-23-21(28-22)24-19-16-8-3-6-14(16)12-15-7-4-9-17(15)19/h12,18H,2-11,13H2,1H3,(H,23,24). The first-order valence-electron chi connectivity index (χ1n) is 10.7. The summed E-state index contributed by atoms with van der Waals surface area (Å²) in [5.41, 5.74) is 5.73. The summed E-state index contributed by atoms with van der Waals surface area (Å²) in [5.74, 6) is -0.369. The Bertz CT molecular complexity index is 796. The summed E-state index contributed by atoms with van der Waals surface area (Å²) in [6, 6.07) is 2.83. The van der Waals surface area contributed by atoms with E-state index >= 15 is 0 Å². The lowest BCUT2D eigenvalue weighted by atomic mass is 9.94. The van der Waals surface area contributed by atoms with E-state index in [0.29, 0.717) is 19.2 Å². The second kappa shape index (κ2) is 7.07. The van der Waals surface area contributed by atoms with Crippen molar-refractivity contribution in [3.63, 3.8) is 0 Å². The maximum Gasteiger partial charge on any atom is 0.355 e. The number of aliphatic imine (C=N–C) groups is 1. The fourth-order valence-electron chi connectivity index (χ4n) is 5.17.